The predicted molar refractivity (Wildman–Crippen MR) is 80.6 cm³/mol. The van der Waals surface area contributed by atoms with Crippen molar-refractivity contribution in [3.8, 4) is 11.5 Å². The van der Waals surface area contributed by atoms with Crippen molar-refractivity contribution in [1.82, 2.24) is 0 Å². The van der Waals surface area contributed by atoms with E-state index in [-0.39, 0.29) is 18.1 Å². The van der Waals surface area contributed by atoms with Crippen LogP contribution in [0, 0.1) is 0 Å². The average Bonchev–Trinajstić information content (AvgIpc) is 2.40. The Morgan fingerprint density at radius 1 is 1.35 bits per heavy atom. The molecule has 0 saturated heterocycles. The molecule has 1 aromatic rings. The maximum Gasteiger partial charge on any atom is 0.164 e. The number of sulfone groups is 1. The molecular weight excluding hydrogens is 302 g/mol. The third-order valence-corrected chi connectivity index (χ3v) is 4.70. The lowest BCUT2D eigenvalue weighted by Crippen LogP contribution is -2.16. The van der Waals surface area contributed by atoms with Crippen molar-refractivity contribution >= 4 is 21.4 Å². The fraction of sp³-hybridized carbons (Fsp3) is 0.538. The standard InChI is InChI=1S/C13H20ClNO4S/c1-3-20(16,17)7-6-19-13-10(4-5-15)8-11(14)9-12(13)18-2/h8-9H,3-7,15H2,1-2H3. The summed E-state index contributed by atoms with van der Waals surface area (Å²) < 4.78 is 33.7. The molecule has 0 fully saturated rings. The van der Waals surface area contributed by atoms with Crippen molar-refractivity contribution < 1.29 is 17.9 Å². The molecule has 0 aromatic heterocycles. The molecule has 1 aromatic carbocycles. The van der Waals surface area contributed by atoms with Gasteiger partial charge >= 0.3 is 0 Å². The van der Waals surface area contributed by atoms with Crippen molar-refractivity contribution in [2.75, 3.05) is 31.8 Å². The second-order valence-corrected chi connectivity index (χ2v) is 7.13. The number of halogens is 1. The van der Waals surface area contributed by atoms with Gasteiger partial charge in [-0.05, 0) is 19.0 Å². The van der Waals surface area contributed by atoms with Gasteiger partial charge in [0.15, 0.2) is 21.3 Å². The SMILES string of the molecule is CCS(=O)(=O)CCOc1c(CCN)cc(Cl)cc1OC. The molecule has 0 atom stereocenters. The second-order valence-electron chi connectivity index (χ2n) is 4.22. The highest BCUT2D eigenvalue weighted by atomic mass is 35.5. The van der Waals surface area contributed by atoms with Gasteiger partial charge in [0.2, 0.25) is 0 Å². The lowest BCUT2D eigenvalue weighted by atomic mass is 10.1. The number of methoxy groups -OCH3 is 1. The van der Waals surface area contributed by atoms with E-state index in [4.69, 9.17) is 26.8 Å². The van der Waals surface area contributed by atoms with Crippen LogP contribution in [0.1, 0.15) is 12.5 Å². The number of nitrogens with two attached hydrogens (primary N) is 1. The van der Waals surface area contributed by atoms with Crippen molar-refractivity contribution in [3.63, 3.8) is 0 Å². The van der Waals surface area contributed by atoms with Crippen LogP contribution in [-0.2, 0) is 16.3 Å². The quantitative estimate of drug-likeness (QED) is 0.788. The van der Waals surface area contributed by atoms with Crippen LogP contribution in [0.4, 0.5) is 0 Å². The molecular formula is C13H20ClNO4S. The van der Waals surface area contributed by atoms with Gasteiger partial charge < -0.3 is 15.2 Å². The van der Waals surface area contributed by atoms with Gasteiger partial charge in [0.1, 0.15) is 6.61 Å². The van der Waals surface area contributed by atoms with Crippen LogP contribution in [0.5, 0.6) is 11.5 Å². The fourth-order valence-corrected chi connectivity index (χ4v) is 2.55. The minimum atomic E-state index is -3.06. The average molecular weight is 322 g/mol. The lowest BCUT2D eigenvalue weighted by molar-refractivity contribution is 0.308. The van der Waals surface area contributed by atoms with E-state index in [1.165, 1.54) is 7.11 Å². The monoisotopic (exact) mass is 321 g/mol. The van der Waals surface area contributed by atoms with Crippen molar-refractivity contribution in [2.24, 2.45) is 5.73 Å². The number of rotatable bonds is 8. The summed E-state index contributed by atoms with van der Waals surface area (Å²) in [6, 6.07) is 3.38. The van der Waals surface area contributed by atoms with Gasteiger partial charge in [-0.2, -0.15) is 0 Å². The van der Waals surface area contributed by atoms with E-state index in [1.54, 1.807) is 19.1 Å². The first-order chi connectivity index (χ1) is 9.43. The van der Waals surface area contributed by atoms with Gasteiger partial charge in [0.25, 0.3) is 0 Å². The van der Waals surface area contributed by atoms with E-state index in [9.17, 15) is 8.42 Å². The minimum Gasteiger partial charge on any atom is -0.493 e. The number of hydrogen-bond donors (Lipinski definition) is 1. The highest BCUT2D eigenvalue weighted by molar-refractivity contribution is 7.91. The third-order valence-electron chi connectivity index (χ3n) is 2.81. The summed E-state index contributed by atoms with van der Waals surface area (Å²) in [5.41, 5.74) is 6.37. The Labute approximate surface area is 124 Å². The summed E-state index contributed by atoms with van der Waals surface area (Å²) in [4.78, 5) is 0. The first-order valence-electron chi connectivity index (χ1n) is 6.33. The van der Waals surface area contributed by atoms with E-state index >= 15 is 0 Å². The van der Waals surface area contributed by atoms with Crippen LogP contribution in [0.25, 0.3) is 0 Å². The number of benzene rings is 1. The molecule has 0 aliphatic rings. The topological polar surface area (TPSA) is 78.6 Å². The number of hydrogen-bond acceptors (Lipinski definition) is 5. The molecule has 2 N–H and O–H groups in total. The minimum absolute atomic E-state index is 0.0304. The molecule has 0 unspecified atom stereocenters. The second kappa shape index (κ2) is 7.71. The highest BCUT2D eigenvalue weighted by Gasteiger charge is 2.14. The fourth-order valence-electron chi connectivity index (χ4n) is 1.69. The Hall–Kier alpha value is -0.980. The summed E-state index contributed by atoms with van der Waals surface area (Å²) in [6.07, 6.45) is 0.576. The van der Waals surface area contributed by atoms with Crippen LogP contribution in [0.2, 0.25) is 5.02 Å². The molecule has 0 aliphatic heterocycles. The molecule has 0 saturated carbocycles. The van der Waals surface area contributed by atoms with E-state index in [2.05, 4.69) is 0 Å². The molecule has 7 heteroatoms. The van der Waals surface area contributed by atoms with Crippen molar-refractivity contribution in [2.45, 2.75) is 13.3 Å². The molecule has 114 valence electrons. The summed E-state index contributed by atoms with van der Waals surface area (Å²) in [5.74, 6) is 1.06. The van der Waals surface area contributed by atoms with Gasteiger partial charge in [0, 0.05) is 22.4 Å². The Morgan fingerprint density at radius 3 is 2.60 bits per heavy atom. The normalized spacial score (nSPS) is 11.4. The number of ether oxygens (including phenoxy) is 2. The Bertz CT molecular complexity index is 546. The first kappa shape index (κ1) is 17.1. The smallest absolute Gasteiger partial charge is 0.164 e. The van der Waals surface area contributed by atoms with E-state index < -0.39 is 9.84 Å². The Kier molecular flexibility index (Phi) is 6.58. The molecule has 0 bridgehead atoms. The molecule has 0 spiro atoms. The maximum atomic E-state index is 11.5. The maximum absolute atomic E-state index is 11.5. The Morgan fingerprint density at radius 2 is 2.05 bits per heavy atom. The summed E-state index contributed by atoms with van der Waals surface area (Å²) >= 11 is 5.99. The van der Waals surface area contributed by atoms with Gasteiger partial charge in [-0.3, -0.25) is 0 Å². The molecule has 20 heavy (non-hydrogen) atoms. The van der Waals surface area contributed by atoms with Gasteiger partial charge in [-0.15, -0.1) is 0 Å². The van der Waals surface area contributed by atoms with Crippen LogP contribution in [0.3, 0.4) is 0 Å². The van der Waals surface area contributed by atoms with E-state index in [1.807, 2.05) is 0 Å². The molecule has 0 heterocycles. The largest absolute Gasteiger partial charge is 0.493 e. The first-order valence-corrected chi connectivity index (χ1v) is 8.53. The van der Waals surface area contributed by atoms with E-state index in [0.717, 1.165) is 5.56 Å². The molecule has 0 aliphatic carbocycles. The predicted octanol–water partition coefficient (Wildman–Crippen LogP) is 1.66. The van der Waals surface area contributed by atoms with E-state index in [0.29, 0.717) is 29.5 Å². The molecule has 1 rings (SSSR count). The summed E-state index contributed by atoms with van der Waals surface area (Å²) in [6.45, 7) is 2.12. The zero-order valence-corrected chi connectivity index (χ0v) is 13.3. The lowest BCUT2D eigenvalue weighted by Gasteiger charge is -2.15. The highest BCUT2D eigenvalue weighted by Crippen LogP contribution is 2.35. The van der Waals surface area contributed by atoms with Crippen LogP contribution < -0.4 is 15.2 Å². The van der Waals surface area contributed by atoms with Crippen LogP contribution in [0.15, 0.2) is 12.1 Å². The van der Waals surface area contributed by atoms with Crippen molar-refractivity contribution in [1.29, 1.82) is 0 Å². The molecule has 0 amide bonds. The van der Waals surface area contributed by atoms with Gasteiger partial charge in [-0.25, -0.2) is 8.42 Å². The zero-order chi connectivity index (χ0) is 15.2. The van der Waals surface area contributed by atoms with Crippen molar-refractivity contribution in [3.05, 3.63) is 22.7 Å². The Balaban J connectivity index is 2.91. The third kappa shape index (κ3) is 4.85. The van der Waals surface area contributed by atoms with Gasteiger partial charge in [0.05, 0.1) is 12.9 Å². The summed E-state index contributed by atoms with van der Waals surface area (Å²) in [7, 11) is -1.55. The van der Waals surface area contributed by atoms with Gasteiger partial charge in [-0.1, -0.05) is 18.5 Å². The molecule has 0 radical (unpaired) electrons. The zero-order valence-electron chi connectivity index (χ0n) is 11.7. The van der Waals surface area contributed by atoms with Crippen LogP contribution in [-0.4, -0.2) is 40.2 Å². The summed E-state index contributed by atoms with van der Waals surface area (Å²) in [5, 5.41) is 0.527. The van der Waals surface area contributed by atoms with Crippen LogP contribution >= 0.6 is 11.6 Å². The molecule has 5 nitrogen and oxygen atoms in total.